The van der Waals surface area contributed by atoms with Gasteiger partial charge in [-0.25, -0.2) is 9.37 Å². The van der Waals surface area contributed by atoms with Gasteiger partial charge in [-0.15, -0.1) is 24.0 Å². The lowest BCUT2D eigenvalue weighted by atomic mass is 10.2. The third-order valence-electron chi connectivity index (χ3n) is 5.54. The van der Waals surface area contributed by atoms with Crippen LogP contribution in [0.1, 0.15) is 24.2 Å². The maximum absolute atomic E-state index is 13.9. The predicted molar refractivity (Wildman–Crippen MR) is 133 cm³/mol. The van der Waals surface area contributed by atoms with Crippen molar-refractivity contribution in [3.8, 4) is 5.75 Å². The molecule has 0 radical (unpaired) electrons. The van der Waals surface area contributed by atoms with Gasteiger partial charge in [0.15, 0.2) is 17.5 Å². The number of nitrogens with one attached hydrogen (secondary N) is 1. The van der Waals surface area contributed by atoms with Crippen molar-refractivity contribution in [1.82, 2.24) is 24.7 Å². The van der Waals surface area contributed by atoms with Crippen LogP contribution in [0.5, 0.6) is 5.75 Å². The highest BCUT2D eigenvalue weighted by Crippen LogP contribution is 2.19. The predicted octanol–water partition coefficient (Wildman–Crippen LogP) is 3.13. The van der Waals surface area contributed by atoms with E-state index in [0.29, 0.717) is 5.75 Å². The second kappa shape index (κ2) is 12.8. The van der Waals surface area contributed by atoms with Gasteiger partial charge in [0, 0.05) is 65.3 Å². The van der Waals surface area contributed by atoms with E-state index in [9.17, 15) is 4.39 Å². The Morgan fingerprint density at radius 3 is 2.61 bits per heavy atom. The van der Waals surface area contributed by atoms with E-state index in [1.807, 2.05) is 32.4 Å². The summed E-state index contributed by atoms with van der Waals surface area (Å²) in [5.41, 5.74) is 0.970. The Morgan fingerprint density at radius 1 is 1.23 bits per heavy atom. The summed E-state index contributed by atoms with van der Waals surface area (Å²) >= 11 is 0. The maximum atomic E-state index is 13.9. The van der Waals surface area contributed by atoms with E-state index < -0.39 is 0 Å². The summed E-state index contributed by atoms with van der Waals surface area (Å²) in [5, 5.41) is 3.49. The number of hydrogen-bond acceptors (Lipinski definition) is 4. The Balaban J connectivity index is 0.00000341. The van der Waals surface area contributed by atoms with Gasteiger partial charge < -0.3 is 19.5 Å². The Kier molecular flexibility index (Phi) is 10.5. The van der Waals surface area contributed by atoms with Crippen molar-refractivity contribution in [2.24, 2.45) is 4.99 Å². The normalized spacial score (nSPS) is 15.0. The first-order chi connectivity index (χ1) is 14.6. The fourth-order valence-electron chi connectivity index (χ4n) is 3.76. The van der Waals surface area contributed by atoms with E-state index in [1.54, 1.807) is 12.1 Å². The van der Waals surface area contributed by atoms with Crippen molar-refractivity contribution in [2.75, 3.05) is 46.9 Å². The van der Waals surface area contributed by atoms with Gasteiger partial charge in [0.2, 0.25) is 0 Å². The molecule has 2 heterocycles. The van der Waals surface area contributed by atoms with Gasteiger partial charge >= 0.3 is 0 Å². The summed E-state index contributed by atoms with van der Waals surface area (Å²) in [6, 6.07) is 5.19. The average Bonchev–Trinajstić information content (AvgIpc) is 3.16. The van der Waals surface area contributed by atoms with E-state index in [2.05, 4.69) is 29.7 Å². The van der Waals surface area contributed by atoms with Crippen LogP contribution in [0.3, 0.4) is 0 Å². The quantitative estimate of drug-likeness (QED) is 0.240. The first-order valence-corrected chi connectivity index (χ1v) is 10.6. The molecule has 0 atom stereocenters. The molecule has 0 bridgehead atoms. The molecule has 1 fully saturated rings. The number of ether oxygens (including phenoxy) is 1. The second-order valence-corrected chi connectivity index (χ2v) is 7.58. The number of hydrogen-bond donors (Lipinski definition) is 1. The van der Waals surface area contributed by atoms with Crippen LogP contribution in [0.15, 0.2) is 35.6 Å². The molecule has 1 aliphatic rings. The zero-order valence-corrected chi connectivity index (χ0v) is 21.0. The molecule has 1 aromatic heterocycles. The van der Waals surface area contributed by atoms with Gasteiger partial charge in [0.05, 0.1) is 7.11 Å². The summed E-state index contributed by atoms with van der Waals surface area (Å²) in [5.74, 6) is 2.01. The number of aliphatic imine (C=N–C) groups is 1. The summed E-state index contributed by atoms with van der Waals surface area (Å²) in [4.78, 5) is 13.3. The third kappa shape index (κ3) is 7.34. The number of unbranched alkanes of at least 4 members (excludes halogenated alkanes) is 1. The van der Waals surface area contributed by atoms with Crippen LogP contribution in [-0.2, 0) is 13.1 Å². The summed E-state index contributed by atoms with van der Waals surface area (Å²) in [7, 11) is 3.32. The van der Waals surface area contributed by atoms with Crippen LogP contribution >= 0.6 is 24.0 Å². The molecule has 0 unspecified atom stereocenters. The Hall–Kier alpha value is -1.88. The number of benzene rings is 1. The molecular formula is C22H34FIN6O. The molecule has 9 heteroatoms. The Bertz CT molecular complexity index is 835. The zero-order valence-electron chi connectivity index (χ0n) is 18.7. The van der Waals surface area contributed by atoms with Gasteiger partial charge in [-0.3, -0.25) is 9.89 Å². The molecule has 0 saturated carbocycles. The van der Waals surface area contributed by atoms with E-state index in [1.165, 1.54) is 7.11 Å². The molecule has 2 aromatic rings. The Labute approximate surface area is 201 Å². The lowest BCUT2D eigenvalue weighted by Crippen LogP contribution is -2.52. The lowest BCUT2D eigenvalue weighted by Gasteiger charge is -2.36. The van der Waals surface area contributed by atoms with Crippen LogP contribution in [0.25, 0.3) is 0 Å². The van der Waals surface area contributed by atoms with Crippen LogP contribution in [-0.4, -0.2) is 72.2 Å². The number of halogens is 2. The number of imidazole rings is 1. The zero-order chi connectivity index (χ0) is 21.3. The molecule has 1 saturated heterocycles. The van der Waals surface area contributed by atoms with Crippen molar-refractivity contribution in [3.63, 3.8) is 0 Å². The molecule has 0 spiro atoms. The molecule has 31 heavy (non-hydrogen) atoms. The molecule has 1 aromatic carbocycles. The summed E-state index contributed by atoms with van der Waals surface area (Å²) in [6.07, 6.45) is 6.06. The highest BCUT2D eigenvalue weighted by Gasteiger charge is 2.19. The fraction of sp³-hybridized carbons (Fsp3) is 0.545. The van der Waals surface area contributed by atoms with Crippen LogP contribution < -0.4 is 10.1 Å². The number of methoxy groups -OCH3 is 1. The van der Waals surface area contributed by atoms with Gasteiger partial charge in [-0.05, 0) is 37.5 Å². The molecular weight excluding hydrogens is 510 g/mol. The molecule has 1 N–H and O–H groups in total. The van der Waals surface area contributed by atoms with Crippen LogP contribution in [0.4, 0.5) is 4.39 Å². The SMILES string of the molecule is CN=C(NCCCCn1ccnc1C)N1CCN(Cc2ccc(OC)c(F)c2)CC1.I. The lowest BCUT2D eigenvalue weighted by molar-refractivity contribution is 0.172. The average molecular weight is 544 g/mol. The van der Waals surface area contributed by atoms with Gasteiger partial charge in [-0.1, -0.05) is 6.07 Å². The number of nitrogens with zero attached hydrogens (tertiary/aromatic N) is 5. The second-order valence-electron chi connectivity index (χ2n) is 7.58. The van der Waals surface area contributed by atoms with Gasteiger partial charge in [0.25, 0.3) is 0 Å². The Morgan fingerprint density at radius 2 is 2.00 bits per heavy atom. The topological polar surface area (TPSA) is 57.9 Å². The van der Waals surface area contributed by atoms with Crippen molar-refractivity contribution < 1.29 is 9.13 Å². The number of rotatable bonds is 8. The molecule has 0 aliphatic carbocycles. The molecule has 3 rings (SSSR count). The number of piperazine rings is 1. The van der Waals surface area contributed by atoms with E-state index in [4.69, 9.17) is 4.74 Å². The number of aryl methyl sites for hydroxylation is 2. The molecule has 0 amide bonds. The fourth-order valence-corrected chi connectivity index (χ4v) is 3.76. The first kappa shape index (κ1) is 25.4. The summed E-state index contributed by atoms with van der Waals surface area (Å²) < 4.78 is 21.1. The monoisotopic (exact) mass is 544 g/mol. The third-order valence-corrected chi connectivity index (χ3v) is 5.54. The molecule has 1 aliphatic heterocycles. The molecule has 7 nitrogen and oxygen atoms in total. The van der Waals surface area contributed by atoms with Crippen molar-refractivity contribution >= 4 is 29.9 Å². The van der Waals surface area contributed by atoms with Crippen molar-refractivity contribution in [2.45, 2.75) is 32.9 Å². The highest BCUT2D eigenvalue weighted by molar-refractivity contribution is 14.0. The number of guanidine groups is 1. The minimum Gasteiger partial charge on any atom is -0.494 e. The first-order valence-electron chi connectivity index (χ1n) is 10.6. The minimum absolute atomic E-state index is 0. The van der Waals surface area contributed by atoms with Crippen LogP contribution in [0.2, 0.25) is 0 Å². The smallest absolute Gasteiger partial charge is 0.193 e. The van der Waals surface area contributed by atoms with Crippen LogP contribution in [0, 0.1) is 12.7 Å². The van der Waals surface area contributed by atoms with Crippen molar-refractivity contribution in [3.05, 3.63) is 47.8 Å². The summed E-state index contributed by atoms with van der Waals surface area (Å²) in [6.45, 7) is 8.35. The maximum Gasteiger partial charge on any atom is 0.193 e. The van der Waals surface area contributed by atoms with E-state index >= 15 is 0 Å². The largest absolute Gasteiger partial charge is 0.494 e. The van der Waals surface area contributed by atoms with E-state index in [-0.39, 0.29) is 29.8 Å². The van der Waals surface area contributed by atoms with Gasteiger partial charge in [-0.2, -0.15) is 0 Å². The standard InChI is InChI=1S/C22H33FN6O.HI/c1-18-25-9-11-28(18)10-5-4-8-26-22(24-2)29-14-12-27(13-15-29)17-19-6-7-21(30-3)20(23)16-19;/h6-7,9,11,16H,4-5,8,10,12-15,17H2,1-3H3,(H,24,26);1H. The number of aromatic nitrogens is 2. The highest BCUT2D eigenvalue weighted by atomic mass is 127. The minimum atomic E-state index is -0.304. The molecule has 172 valence electrons. The van der Waals surface area contributed by atoms with Crippen molar-refractivity contribution in [1.29, 1.82) is 0 Å². The van der Waals surface area contributed by atoms with E-state index in [0.717, 1.165) is 76.0 Å². The van der Waals surface area contributed by atoms with Gasteiger partial charge in [0.1, 0.15) is 5.82 Å².